The molecule has 3 fully saturated rings. The summed E-state index contributed by atoms with van der Waals surface area (Å²) in [7, 11) is 3.48. The van der Waals surface area contributed by atoms with Crippen LogP contribution in [0.2, 0.25) is 0 Å². The van der Waals surface area contributed by atoms with Gasteiger partial charge in [-0.1, -0.05) is 134 Å². The molecule has 3 saturated heterocycles. The number of aromatic hydroxyl groups is 1. The molecule has 3 amide bonds. The van der Waals surface area contributed by atoms with Crippen LogP contribution >= 0.6 is 0 Å². The van der Waals surface area contributed by atoms with Crippen LogP contribution in [0.15, 0.2) is 133 Å². The first kappa shape index (κ1) is 45.4. The second-order valence-electron chi connectivity index (χ2n) is 17.9. The normalized spacial score (nSPS) is 23.7. The molecule has 1 N–H and O–H groups in total. The predicted octanol–water partition coefficient (Wildman–Crippen LogP) is 8.12. The number of morpholine rings is 1. The molecule has 1 spiro atoms. The Morgan fingerprint density at radius 3 is 2.09 bits per heavy atom. The van der Waals surface area contributed by atoms with E-state index in [9.17, 15) is 9.90 Å². The smallest absolute Gasteiger partial charge is 0.421 e. The van der Waals surface area contributed by atoms with Crippen LogP contribution in [0.4, 0.5) is 10.5 Å². The number of anilines is 1. The lowest BCUT2D eigenvalue weighted by atomic mass is 9.64. The van der Waals surface area contributed by atoms with Gasteiger partial charge in [-0.2, -0.15) is 0 Å². The van der Waals surface area contributed by atoms with Crippen molar-refractivity contribution in [2.75, 3.05) is 51.9 Å². The molecule has 0 radical (unpaired) electrons. The molecule has 4 heterocycles. The van der Waals surface area contributed by atoms with Gasteiger partial charge in [0.15, 0.2) is 0 Å². The van der Waals surface area contributed by atoms with Crippen LogP contribution in [-0.2, 0) is 40.6 Å². The maximum atomic E-state index is 16.4. The van der Waals surface area contributed by atoms with Gasteiger partial charge in [0, 0.05) is 32.3 Å². The van der Waals surface area contributed by atoms with Crippen molar-refractivity contribution in [2.45, 2.75) is 68.3 Å². The van der Waals surface area contributed by atoms with Gasteiger partial charge in [0.1, 0.15) is 29.9 Å². The van der Waals surface area contributed by atoms with Crippen LogP contribution in [-0.4, -0.2) is 96.7 Å². The third kappa shape index (κ3) is 8.71. The monoisotopic (exact) mass is 900 g/mol. The number of methoxy groups -OCH3 is 1. The second kappa shape index (κ2) is 20.0. The minimum Gasteiger partial charge on any atom is -0.508 e. The van der Waals surface area contributed by atoms with Crippen molar-refractivity contribution in [3.8, 4) is 17.6 Å². The van der Waals surface area contributed by atoms with Crippen molar-refractivity contribution >= 4 is 29.6 Å². The summed E-state index contributed by atoms with van der Waals surface area (Å²) in [6.45, 7) is 1.96. The number of rotatable bonds is 10. The van der Waals surface area contributed by atoms with Gasteiger partial charge in [-0.15, -0.1) is 0 Å². The lowest BCUT2D eigenvalue weighted by Gasteiger charge is -2.46. The summed E-state index contributed by atoms with van der Waals surface area (Å²) >= 11 is 0. The summed E-state index contributed by atoms with van der Waals surface area (Å²) in [6.07, 6.45) is 2.65. The van der Waals surface area contributed by atoms with Gasteiger partial charge in [0.2, 0.25) is 11.8 Å². The number of fused-ring (bicyclic) bond motifs is 3. The van der Waals surface area contributed by atoms with Crippen LogP contribution < -0.4 is 4.90 Å². The number of nitrogens with zero attached hydrogens (tertiary/aromatic N) is 4. The summed E-state index contributed by atoms with van der Waals surface area (Å²) < 4.78 is 17.6. The largest absolute Gasteiger partial charge is 0.508 e. The molecule has 6 atom stereocenters. The maximum Gasteiger partial charge on any atom is 0.421 e. The van der Waals surface area contributed by atoms with Gasteiger partial charge in [0.05, 0.1) is 36.8 Å². The van der Waals surface area contributed by atoms with E-state index < -0.39 is 53.5 Å². The number of phenolic OH excluding ortho intramolecular Hbond substituents is 1. The van der Waals surface area contributed by atoms with Gasteiger partial charge in [-0.05, 0) is 78.0 Å². The summed E-state index contributed by atoms with van der Waals surface area (Å²) in [6, 6.07) is 38.1. The number of hydrogen-bond donors (Lipinski definition) is 1. The lowest BCUT2D eigenvalue weighted by Crippen LogP contribution is -2.56. The van der Waals surface area contributed by atoms with Crippen molar-refractivity contribution in [3.05, 3.63) is 167 Å². The Labute approximate surface area is 392 Å². The van der Waals surface area contributed by atoms with Crippen molar-refractivity contribution in [1.82, 2.24) is 14.7 Å². The van der Waals surface area contributed by atoms with Crippen LogP contribution in [0.5, 0.6) is 5.75 Å². The van der Waals surface area contributed by atoms with Crippen LogP contribution in [0, 0.1) is 17.8 Å². The van der Waals surface area contributed by atoms with Crippen LogP contribution in [0.3, 0.4) is 0 Å². The molecule has 4 aliphatic heterocycles. The Balaban J connectivity index is 1.30. The molecule has 67 heavy (non-hydrogen) atoms. The SMILES string of the molecule is COCCOC(=O)N1C(=O)C2(c3cc(C#CCN(C)Cc4ccccc4)ccc31)C(C(=O)N1CCCCCCC1)C1C(=O)OC(c3ccccc3)C(c3ccccc3)N1C2c1ccc(O)cc1. The highest BCUT2D eigenvalue weighted by atomic mass is 16.6. The van der Waals surface area contributed by atoms with Gasteiger partial charge in [-0.3, -0.25) is 24.2 Å². The highest BCUT2D eigenvalue weighted by molar-refractivity contribution is 6.23. The predicted molar refractivity (Wildman–Crippen MR) is 253 cm³/mol. The van der Waals surface area contributed by atoms with Gasteiger partial charge in [-0.25, -0.2) is 9.69 Å². The summed E-state index contributed by atoms with van der Waals surface area (Å²) in [5.74, 6) is 3.53. The average molecular weight is 901 g/mol. The Kier molecular flexibility index (Phi) is 13.5. The number of imide groups is 1. The van der Waals surface area contributed by atoms with E-state index in [1.165, 1.54) is 7.11 Å². The lowest BCUT2D eigenvalue weighted by molar-refractivity contribution is -0.179. The number of carbonyl (C=O) groups is 4. The molecule has 0 aromatic heterocycles. The number of ether oxygens (including phenoxy) is 3. The minimum absolute atomic E-state index is 0.00304. The third-order valence-corrected chi connectivity index (χ3v) is 13.7. The van der Waals surface area contributed by atoms with E-state index in [1.54, 1.807) is 36.4 Å². The minimum atomic E-state index is -1.93. The van der Waals surface area contributed by atoms with E-state index >= 15 is 14.4 Å². The molecule has 12 heteroatoms. The van der Waals surface area contributed by atoms with Crippen molar-refractivity contribution in [2.24, 2.45) is 5.92 Å². The van der Waals surface area contributed by atoms with Gasteiger partial charge in [0.25, 0.3) is 0 Å². The van der Waals surface area contributed by atoms with E-state index in [-0.39, 0.29) is 30.6 Å². The standard InChI is InChI=1S/C55H56N4O8/c1-56(37-39-18-9-6-10-19-39)31-17-20-38-25-30-45-44(36-38)55(53(63)58(45)54(64)66-35-34-65-2)46(51(61)57-32-15-4-3-5-16-33-57)48-52(62)67-49(41-23-13-8-14-24-41)47(40-21-11-7-12-22-40)59(48)50(55)42-26-28-43(60)29-27-42/h6-14,18-19,21-30,36,46-50,60H,3-5,15-16,31-35,37H2,1-2H3. The summed E-state index contributed by atoms with van der Waals surface area (Å²) in [4.78, 5) is 69.4. The number of carbonyl (C=O) groups excluding carboxylic acids is 4. The fourth-order valence-corrected chi connectivity index (χ4v) is 10.8. The highest BCUT2D eigenvalue weighted by Gasteiger charge is 2.76. The van der Waals surface area contributed by atoms with Gasteiger partial charge < -0.3 is 24.2 Å². The zero-order valence-electron chi connectivity index (χ0n) is 38.0. The molecule has 0 saturated carbocycles. The molecule has 4 aliphatic rings. The Hall–Kier alpha value is -6.78. The first-order valence-electron chi connectivity index (χ1n) is 23.2. The van der Waals surface area contributed by atoms with Crippen molar-refractivity contribution in [3.63, 3.8) is 0 Å². The molecule has 6 unspecified atom stereocenters. The number of phenols is 1. The Morgan fingerprint density at radius 2 is 1.42 bits per heavy atom. The molecule has 5 aromatic carbocycles. The van der Waals surface area contributed by atoms with Crippen LogP contribution in [0.25, 0.3) is 0 Å². The second-order valence-corrected chi connectivity index (χ2v) is 17.9. The van der Waals surface area contributed by atoms with E-state index in [0.29, 0.717) is 42.9 Å². The number of hydrogen-bond acceptors (Lipinski definition) is 10. The Bertz CT molecular complexity index is 2630. The zero-order valence-corrected chi connectivity index (χ0v) is 38.0. The molecule has 12 nitrogen and oxygen atoms in total. The van der Waals surface area contributed by atoms with E-state index in [0.717, 1.165) is 53.7 Å². The Morgan fingerprint density at radius 1 is 0.776 bits per heavy atom. The topological polar surface area (TPSA) is 129 Å². The van der Waals surface area contributed by atoms with Crippen molar-refractivity contribution < 1.29 is 38.5 Å². The summed E-state index contributed by atoms with van der Waals surface area (Å²) in [5.41, 5.74) is 2.47. The molecular weight excluding hydrogens is 845 g/mol. The number of likely N-dealkylation sites (tertiary alicyclic amines) is 1. The number of amides is 3. The quantitative estimate of drug-likeness (QED) is 0.0834. The van der Waals surface area contributed by atoms with Crippen LogP contribution in [0.1, 0.15) is 83.7 Å². The molecule has 344 valence electrons. The molecule has 0 bridgehead atoms. The average Bonchev–Trinajstić information content (AvgIpc) is 3.78. The highest BCUT2D eigenvalue weighted by Crippen LogP contribution is 2.66. The number of benzene rings is 5. The van der Waals surface area contributed by atoms with E-state index in [2.05, 4.69) is 28.9 Å². The number of cyclic esters (lactones) is 1. The first-order chi connectivity index (χ1) is 32.7. The fourth-order valence-electron chi connectivity index (χ4n) is 10.8. The third-order valence-electron chi connectivity index (χ3n) is 13.7. The van der Waals surface area contributed by atoms with E-state index in [4.69, 9.17) is 14.2 Å². The number of esters is 1. The maximum absolute atomic E-state index is 16.4. The first-order valence-corrected chi connectivity index (χ1v) is 23.2. The van der Waals surface area contributed by atoms with Crippen molar-refractivity contribution in [1.29, 1.82) is 0 Å². The molecule has 9 rings (SSSR count). The molecular formula is C55H56N4O8. The van der Waals surface area contributed by atoms with Gasteiger partial charge >= 0.3 is 12.1 Å². The molecule has 5 aromatic rings. The zero-order chi connectivity index (χ0) is 46.5. The van der Waals surface area contributed by atoms with E-state index in [1.807, 2.05) is 102 Å². The molecule has 0 aliphatic carbocycles. The fraction of sp³-hybridized carbons (Fsp3) is 0.345. The summed E-state index contributed by atoms with van der Waals surface area (Å²) in [5, 5.41) is 10.8.